The molecule has 2 fully saturated rings. The normalized spacial score (nSPS) is 26.0. The van der Waals surface area contributed by atoms with E-state index in [1.807, 2.05) is 13.8 Å². The van der Waals surface area contributed by atoms with E-state index >= 15 is 0 Å². The average molecular weight is 350 g/mol. The van der Waals surface area contributed by atoms with Crippen molar-refractivity contribution in [3.05, 3.63) is 0 Å². The number of rotatable bonds is 4. The van der Waals surface area contributed by atoms with Crippen LogP contribution >= 0.6 is 0 Å². The molecular formula is C16H25F3N2O3. The van der Waals surface area contributed by atoms with E-state index in [-0.39, 0.29) is 5.41 Å². The van der Waals surface area contributed by atoms with Crippen molar-refractivity contribution in [3.8, 4) is 0 Å². The Morgan fingerprint density at radius 3 is 2.21 bits per heavy atom. The number of carboxylic acid groups (broad SMARTS) is 1. The highest BCUT2D eigenvalue weighted by molar-refractivity contribution is 5.77. The lowest BCUT2D eigenvalue weighted by molar-refractivity contribution is -0.187. The number of aliphatic carboxylic acids is 1. The van der Waals surface area contributed by atoms with Gasteiger partial charge in [0.1, 0.15) is 0 Å². The molecule has 2 N–H and O–H groups in total. The molecule has 2 rings (SSSR count). The summed E-state index contributed by atoms with van der Waals surface area (Å²) in [4.78, 5) is 24.2. The van der Waals surface area contributed by atoms with Gasteiger partial charge >= 0.3 is 18.2 Å². The fraction of sp³-hybridized carbons (Fsp3) is 0.875. The highest BCUT2D eigenvalue weighted by Crippen LogP contribution is 2.40. The first-order chi connectivity index (χ1) is 11.0. The number of nitrogens with one attached hydrogen (secondary N) is 1. The fourth-order valence-corrected chi connectivity index (χ4v) is 3.82. The zero-order chi connectivity index (χ0) is 18.1. The summed E-state index contributed by atoms with van der Waals surface area (Å²) >= 11 is 0. The molecule has 8 heteroatoms. The van der Waals surface area contributed by atoms with Crippen molar-refractivity contribution >= 4 is 12.0 Å². The molecule has 1 aliphatic carbocycles. The molecule has 0 aromatic carbocycles. The van der Waals surface area contributed by atoms with Crippen molar-refractivity contribution < 1.29 is 27.9 Å². The van der Waals surface area contributed by atoms with Crippen LogP contribution in [-0.2, 0) is 4.79 Å². The molecule has 0 bridgehead atoms. The van der Waals surface area contributed by atoms with Gasteiger partial charge in [-0.1, -0.05) is 26.7 Å². The zero-order valence-electron chi connectivity index (χ0n) is 14.0. The number of hydrogen-bond donors (Lipinski definition) is 2. The van der Waals surface area contributed by atoms with Crippen LogP contribution < -0.4 is 5.32 Å². The van der Waals surface area contributed by atoms with Gasteiger partial charge in [-0.2, -0.15) is 13.2 Å². The second-order valence-corrected chi connectivity index (χ2v) is 7.63. The SMILES string of the molecule is CC(C)(CNC(=O)N1C[C@@H](C(F)(F)F)[C@H](C(=O)O)C1)C1CCCC1. The summed E-state index contributed by atoms with van der Waals surface area (Å²) in [6.07, 6.45) is -0.0850. The molecule has 1 saturated heterocycles. The Morgan fingerprint density at radius 2 is 1.75 bits per heavy atom. The van der Waals surface area contributed by atoms with Crippen LogP contribution in [0, 0.1) is 23.2 Å². The van der Waals surface area contributed by atoms with Crippen molar-refractivity contribution in [3.63, 3.8) is 0 Å². The minimum atomic E-state index is -4.62. The molecule has 1 heterocycles. The third kappa shape index (κ3) is 4.13. The smallest absolute Gasteiger partial charge is 0.394 e. The van der Waals surface area contributed by atoms with E-state index in [4.69, 9.17) is 5.11 Å². The first-order valence-electron chi connectivity index (χ1n) is 8.34. The van der Waals surface area contributed by atoms with Crippen LogP contribution in [0.2, 0.25) is 0 Å². The highest BCUT2D eigenvalue weighted by atomic mass is 19.4. The second-order valence-electron chi connectivity index (χ2n) is 7.63. The lowest BCUT2D eigenvalue weighted by Gasteiger charge is -2.32. The second kappa shape index (κ2) is 6.80. The third-order valence-electron chi connectivity index (χ3n) is 5.50. The van der Waals surface area contributed by atoms with Crippen LogP contribution in [0.3, 0.4) is 0 Å². The largest absolute Gasteiger partial charge is 0.481 e. The molecule has 0 aromatic rings. The van der Waals surface area contributed by atoms with Crippen molar-refractivity contribution in [2.24, 2.45) is 23.2 Å². The molecular weight excluding hydrogens is 325 g/mol. The number of carbonyl (C=O) groups is 2. The summed E-state index contributed by atoms with van der Waals surface area (Å²) < 4.78 is 38.9. The van der Waals surface area contributed by atoms with Crippen molar-refractivity contribution in [1.29, 1.82) is 0 Å². The zero-order valence-corrected chi connectivity index (χ0v) is 14.0. The number of halogens is 3. The van der Waals surface area contributed by atoms with Crippen LogP contribution in [0.5, 0.6) is 0 Å². The predicted molar refractivity (Wildman–Crippen MR) is 81.4 cm³/mol. The van der Waals surface area contributed by atoms with Gasteiger partial charge in [0.2, 0.25) is 0 Å². The summed E-state index contributed by atoms with van der Waals surface area (Å²) in [7, 11) is 0. The fourth-order valence-electron chi connectivity index (χ4n) is 3.82. The minimum absolute atomic E-state index is 0.123. The Labute approximate surface area is 139 Å². The molecule has 138 valence electrons. The van der Waals surface area contributed by atoms with Crippen molar-refractivity contribution in [2.45, 2.75) is 45.7 Å². The standard InChI is InChI=1S/C16H25F3N2O3/c1-15(2,10-5-3-4-6-10)9-20-14(24)21-7-11(13(22)23)12(8-21)16(17,18)19/h10-12H,3-9H2,1-2H3,(H,20,24)(H,22,23)/t11-,12-/m1/s1. The van der Waals surface area contributed by atoms with Gasteiger partial charge in [-0.3, -0.25) is 4.79 Å². The summed E-state index contributed by atoms with van der Waals surface area (Å²) in [6, 6.07) is -0.612. The molecule has 2 aliphatic rings. The highest BCUT2D eigenvalue weighted by Gasteiger charge is 2.53. The monoisotopic (exact) mass is 350 g/mol. The van der Waals surface area contributed by atoms with Crippen LogP contribution in [0.4, 0.5) is 18.0 Å². The number of hydrogen-bond acceptors (Lipinski definition) is 2. The molecule has 2 atom stereocenters. The van der Waals surface area contributed by atoms with Gasteiger partial charge in [0.25, 0.3) is 0 Å². The van der Waals surface area contributed by atoms with Gasteiger partial charge in [-0.25, -0.2) is 4.79 Å². The van der Waals surface area contributed by atoms with Gasteiger partial charge in [-0.05, 0) is 24.2 Å². The van der Waals surface area contributed by atoms with Crippen LogP contribution in [0.25, 0.3) is 0 Å². The maximum absolute atomic E-state index is 13.0. The average Bonchev–Trinajstić information content (AvgIpc) is 3.13. The van der Waals surface area contributed by atoms with E-state index in [1.165, 1.54) is 12.8 Å². The molecule has 0 aromatic heterocycles. The molecule has 5 nitrogen and oxygen atoms in total. The number of likely N-dealkylation sites (tertiary alicyclic amines) is 1. The molecule has 0 radical (unpaired) electrons. The first-order valence-corrected chi connectivity index (χ1v) is 8.34. The van der Waals surface area contributed by atoms with Gasteiger partial charge in [0, 0.05) is 19.6 Å². The lowest BCUT2D eigenvalue weighted by atomic mass is 9.78. The molecule has 0 unspecified atom stereocenters. The van der Waals surface area contributed by atoms with Gasteiger partial charge in [0.15, 0.2) is 0 Å². The molecule has 1 aliphatic heterocycles. The number of urea groups is 1. The van der Waals surface area contributed by atoms with Crippen LogP contribution in [0.1, 0.15) is 39.5 Å². The number of amides is 2. The lowest BCUT2D eigenvalue weighted by Crippen LogP contribution is -2.44. The van der Waals surface area contributed by atoms with Crippen molar-refractivity contribution in [1.82, 2.24) is 10.2 Å². The third-order valence-corrected chi connectivity index (χ3v) is 5.50. The van der Waals surface area contributed by atoms with E-state index in [0.717, 1.165) is 17.7 Å². The summed E-state index contributed by atoms with van der Waals surface area (Å²) in [5.74, 6) is -4.63. The Hall–Kier alpha value is -1.47. The molecule has 24 heavy (non-hydrogen) atoms. The number of alkyl halides is 3. The van der Waals surface area contributed by atoms with E-state index in [9.17, 15) is 22.8 Å². The molecule has 1 saturated carbocycles. The van der Waals surface area contributed by atoms with Gasteiger partial charge < -0.3 is 15.3 Å². The van der Waals surface area contributed by atoms with Crippen LogP contribution in [-0.4, -0.2) is 47.8 Å². The minimum Gasteiger partial charge on any atom is -0.481 e. The maximum Gasteiger partial charge on any atom is 0.394 e. The summed E-state index contributed by atoms with van der Waals surface area (Å²) in [6.45, 7) is 3.46. The first kappa shape index (κ1) is 18.9. The van der Waals surface area contributed by atoms with E-state index < -0.39 is 43.1 Å². The quantitative estimate of drug-likeness (QED) is 0.818. The summed E-state index contributed by atoms with van der Waals surface area (Å²) in [5, 5.41) is 11.7. The number of nitrogens with zero attached hydrogens (tertiary/aromatic N) is 1. The van der Waals surface area contributed by atoms with E-state index in [2.05, 4.69) is 5.32 Å². The summed E-state index contributed by atoms with van der Waals surface area (Å²) in [5.41, 5.74) is -0.123. The van der Waals surface area contributed by atoms with E-state index in [1.54, 1.807) is 0 Å². The number of carbonyl (C=O) groups excluding carboxylic acids is 1. The molecule has 2 amide bonds. The van der Waals surface area contributed by atoms with Gasteiger partial charge in [-0.15, -0.1) is 0 Å². The Kier molecular flexibility index (Phi) is 5.34. The van der Waals surface area contributed by atoms with Crippen LogP contribution in [0.15, 0.2) is 0 Å². The predicted octanol–water partition coefficient (Wildman–Crippen LogP) is 3.11. The van der Waals surface area contributed by atoms with E-state index in [0.29, 0.717) is 12.5 Å². The maximum atomic E-state index is 13.0. The van der Waals surface area contributed by atoms with Crippen molar-refractivity contribution in [2.75, 3.05) is 19.6 Å². The number of carboxylic acids is 1. The molecule has 0 spiro atoms. The Morgan fingerprint density at radius 1 is 1.17 bits per heavy atom. The Bertz CT molecular complexity index is 487. The topological polar surface area (TPSA) is 69.6 Å². The Balaban J connectivity index is 1.94. The van der Waals surface area contributed by atoms with Gasteiger partial charge in [0.05, 0.1) is 11.8 Å².